The summed E-state index contributed by atoms with van der Waals surface area (Å²) in [5.41, 5.74) is 21.8. The third kappa shape index (κ3) is 11.0. The van der Waals surface area contributed by atoms with Crippen molar-refractivity contribution < 1.29 is 28.8 Å². The molecule has 6 aromatic carbocycles. The summed E-state index contributed by atoms with van der Waals surface area (Å²) >= 11 is 0. The Labute approximate surface area is 404 Å². The summed E-state index contributed by atoms with van der Waals surface area (Å²) in [6, 6.07) is 48.4. The number of benzene rings is 6. The van der Waals surface area contributed by atoms with Crippen LogP contribution in [0.3, 0.4) is 0 Å². The van der Waals surface area contributed by atoms with E-state index in [4.69, 9.17) is 16.6 Å². The highest BCUT2D eigenvalue weighted by Crippen LogP contribution is 2.28. The largest absolute Gasteiger partial charge is 0.363 e. The van der Waals surface area contributed by atoms with E-state index in [1.54, 1.807) is 60.1 Å². The number of ketones is 2. The number of nitrogens with two attached hydrogens (primary N) is 2. The van der Waals surface area contributed by atoms with Gasteiger partial charge < -0.3 is 22.1 Å². The number of Topliss-reactive ketones (excluding diaryl/α,β-unsaturated/α-hetero) is 2. The molecule has 2 unspecified atom stereocenters. The number of carbonyl (C=O) groups excluding carboxylic acids is 6. The lowest BCUT2D eigenvalue weighted by atomic mass is 9.97. The summed E-state index contributed by atoms with van der Waals surface area (Å²) in [6.45, 7) is 5.78. The van der Waals surface area contributed by atoms with E-state index in [0.29, 0.717) is 29.2 Å². The Hall–Kier alpha value is -9.04. The Kier molecular flexibility index (Phi) is 14.1. The van der Waals surface area contributed by atoms with Gasteiger partial charge >= 0.3 is 0 Å². The van der Waals surface area contributed by atoms with E-state index in [1.807, 2.05) is 117 Å². The fraction of sp³-hybridized carbons (Fsp3) is 0.143. The number of nitrogens with zero attached hydrogens (tertiary/aromatic N) is 4. The van der Waals surface area contributed by atoms with E-state index >= 15 is 0 Å². The summed E-state index contributed by atoms with van der Waals surface area (Å²) in [5, 5.41) is 15.0. The molecule has 0 radical (unpaired) electrons. The second-order valence-corrected chi connectivity index (χ2v) is 17.2. The van der Waals surface area contributed by atoms with Crippen molar-refractivity contribution in [2.45, 2.75) is 52.1 Å². The van der Waals surface area contributed by atoms with Crippen LogP contribution in [-0.2, 0) is 38.4 Å². The Balaban J connectivity index is 1.04. The standard InChI is InChI=1S/C56H50N8O6/c1-34-12-10-17-41(26-34)42-18-11-19-45(32-42)64-50(56(70)60-48(52(66)54(58)68)31-38-15-8-5-9-16-38)33-43(62-64)29-39-20-25-46(35(2)27-39)40-21-23-44(24-22-40)63-49(28-36(3)61-63)55(69)59-47(51(65)53(57)67)30-37-13-6-4-7-14-37/h4-28,32-33,47-48H,29-31H2,1-3H3,(H2,57,67)(H2,58,68)(H,59,69)(H,60,70). The molecule has 0 saturated carbocycles. The minimum absolute atomic E-state index is 0.0620. The van der Waals surface area contributed by atoms with E-state index in [-0.39, 0.29) is 24.2 Å². The molecular weight excluding hydrogens is 881 g/mol. The Morgan fingerprint density at radius 1 is 0.500 bits per heavy atom. The monoisotopic (exact) mass is 930 g/mol. The van der Waals surface area contributed by atoms with Crippen molar-refractivity contribution >= 4 is 35.2 Å². The van der Waals surface area contributed by atoms with Crippen molar-refractivity contribution in [2.75, 3.05) is 0 Å². The summed E-state index contributed by atoms with van der Waals surface area (Å²) in [4.78, 5) is 78.0. The first-order chi connectivity index (χ1) is 33.7. The van der Waals surface area contributed by atoms with Crippen LogP contribution >= 0.6 is 0 Å². The molecule has 14 heteroatoms. The molecule has 2 aromatic heterocycles. The molecule has 350 valence electrons. The first-order valence-electron chi connectivity index (χ1n) is 22.6. The lowest BCUT2D eigenvalue weighted by Gasteiger charge is -2.17. The normalized spacial score (nSPS) is 11.9. The van der Waals surface area contributed by atoms with Crippen LogP contribution < -0.4 is 22.1 Å². The van der Waals surface area contributed by atoms with Crippen LogP contribution in [0.25, 0.3) is 33.6 Å². The van der Waals surface area contributed by atoms with Gasteiger partial charge in [-0.2, -0.15) is 10.2 Å². The minimum atomic E-state index is -1.21. The lowest BCUT2D eigenvalue weighted by molar-refractivity contribution is -0.137. The number of carbonyl (C=O) groups is 6. The predicted molar refractivity (Wildman–Crippen MR) is 266 cm³/mol. The van der Waals surface area contributed by atoms with Crippen LogP contribution in [0.5, 0.6) is 0 Å². The van der Waals surface area contributed by atoms with Gasteiger partial charge in [-0.1, -0.05) is 133 Å². The quantitative estimate of drug-likeness (QED) is 0.0678. The zero-order chi connectivity index (χ0) is 49.5. The van der Waals surface area contributed by atoms with Crippen LogP contribution in [0.15, 0.2) is 164 Å². The number of primary amides is 2. The highest BCUT2D eigenvalue weighted by Gasteiger charge is 2.29. The Morgan fingerprint density at radius 2 is 1.04 bits per heavy atom. The highest BCUT2D eigenvalue weighted by molar-refractivity contribution is 6.38. The summed E-state index contributed by atoms with van der Waals surface area (Å²) in [5.74, 6) is -5.30. The lowest BCUT2D eigenvalue weighted by Crippen LogP contribution is -2.47. The van der Waals surface area contributed by atoms with E-state index in [1.165, 1.54) is 4.68 Å². The molecule has 8 rings (SSSR count). The van der Waals surface area contributed by atoms with Crippen molar-refractivity contribution in [3.63, 3.8) is 0 Å². The molecule has 8 aromatic rings. The maximum Gasteiger partial charge on any atom is 0.287 e. The highest BCUT2D eigenvalue weighted by atomic mass is 16.2. The van der Waals surface area contributed by atoms with Crippen LogP contribution in [-0.4, -0.2) is 66.8 Å². The Morgan fingerprint density at radius 3 is 1.60 bits per heavy atom. The molecule has 70 heavy (non-hydrogen) atoms. The van der Waals surface area contributed by atoms with E-state index in [9.17, 15) is 28.8 Å². The zero-order valence-electron chi connectivity index (χ0n) is 38.8. The van der Waals surface area contributed by atoms with Gasteiger partial charge in [0.2, 0.25) is 11.6 Å². The van der Waals surface area contributed by atoms with E-state index in [2.05, 4.69) is 27.9 Å². The van der Waals surface area contributed by atoms with Gasteiger partial charge in [0.1, 0.15) is 23.5 Å². The molecule has 0 aliphatic heterocycles. The number of hydrogen-bond donors (Lipinski definition) is 4. The van der Waals surface area contributed by atoms with E-state index < -0.39 is 47.3 Å². The number of nitrogens with one attached hydrogen (secondary N) is 2. The molecular formula is C56H50N8O6. The van der Waals surface area contributed by atoms with Gasteiger partial charge in [-0.05, 0) is 102 Å². The number of aromatic nitrogens is 4. The maximum absolute atomic E-state index is 14.3. The van der Waals surface area contributed by atoms with Gasteiger partial charge in [-0.3, -0.25) is 28.8 Å². The van der Waals surface area contributed by atoms with Crippen molar-refractivity contribution in [1.82, 2.24) is 30.2 Å². The van der Waals surface area contributed by atoms with Gasteiger partial charge in [-0.15, -0.1) is 0 Å². The summed E-state index contributed by atoms with van der Waals surface area (Å²) in [6.07, 6.45) is 0.504. The van der Waals surface area contributed by atoms with Crippen LogP contribution in [0, 0.1) is 20.8 Å². The maximum atomic E-state index is 14.3. The Bertz CT molecular complexity index is 3270. The molecule has 0 saturated heterocycles. The predicted octanol–water partition coefficient (Wildman–Crippen LogP) is 6.70. The average molecular weight is 931 g/mol. The van der Waals surface area contributed by atoms with Crippen LogP contribution in [0.2, 0.25) is 0 Å². The van der Waals surface area contributed by atoms with Crippen molar-refractivity contribution in [3.05, 3.63) is 214 Å². The topological polar surface area (TPSA) is 214 Å². The fourth-order valence-electron chi connectivity index (χ4n) is 8.45. The fourth-order valence-corrected chi connectivity index (χ4v) is 8.45. The third-order valence-electron chi connectivity index (χ3n) is 11.9. The molecule has 14 nitrogen and oxygen atoms in total. The zero-order valence-corrected chi connectivity index (χ0v) is 38.8. The molecule has 0 aliphatic rings. The average Bonchev–Trinajstić information content (AvgIpc) is 3.97. The number of amides is 4. The van der Waals surface area contributed by atoms with Crippen LogP contribution in [0.1, 0.15) is 60.2 Å². The molecule has 2 atom stereocenters. The van der Waals surface area contributed by atoms with Gasteiger partial charge in [0, 0.05) is 19.3 Å². The van der Waals surface area contributed by atoms with Crippen LogP contribution in [0.4, 0.5) is 0 Å². The molecule has 0 fully saturated rings. The SMILES string of the molecule is Cc1cccc(-c2cccc(-n3nc(Cc4ccc(-c5ccc(-n6nc(C)cc6C(=O)NC(Cc6ccccc6)C(=O)C(N)=O)cc5)c(C)c4)cc3C(=O)NC(Cc3ccccc3)C(=O)C(N)=O)c2)c1. The van der Waals surface area contributed by atoms with E-state index in [0.717, 1.165) is 50.1 Å². The van der Waals surface area contributed by atoms with Crippen molar-refractivity contribution in [3.8, 4) is 33.6 Å². The minimum Gasteiger partial charge on any atom is -0.363 e. The summed E-state index contributed by atoms with van der Waals surface area (Å²) in [7, 11) is 0. The second-order valence-electron chi connectivity index (χ2n) is 17.2. The molecule has 0 bridgehead atoms. The smallest absolute Gasteiger partial charge is 0.287 e. The number of aryl methyl sites for hydroxylation is 3. The van der Waals surface area contributed by atoms with Crippen molar-refractivity contribution in [1.29, 1.82) is 0 Å². The number of hydrogen-bond acceptors (Lipinski definition) is 8. The first kappa shape index (κ1) is 47.5. The molecule has 4 amide bonds. The van der Waals surface area contributed by atoms with Gasteiger partial charge in [0.25, 0.3) is 23.6 Å². The number of rotatable bonds is 18. The molecule has 2 heterocycles. The molecule has 6 N–H and O–H groups in total. The van der Waals surface area contributed by atoms with Gasteiger partial charge in [0.15, 0.2) is 0 Å². The first-order valence-corrected chi connectivity index (χ1v) is 22.6. The molecule has 0 spiro atoms. The second kappa shape index (κ2) is 20.9. The molecule has 0 aliphatic carbocycles. The van der Waals surface area contributed by atoms with Gasteiger partial charge in [0.05, 0.1) is 22.8 Å². The van der Waals surface area contributed by atoms with Crippen molar-refractivity contribution in [2.24, 2.45) is 11.5 Å². The third-order valence-corrected chi connectivity index (χ3v) is 11.9. The summed E-state index contributed by atoms with van der Waals surface area (Å²) < 4.78 is 3.05. The van der Waals surface area contributed by atoms with Gasteiger partial charge in [-0.25, -0.2) is 9.36 Å².